The lowest BCUT2D eigenvalue weighted by Crippen LogP contribution is -2.20. The summed E-state index contributed by atoms with van der Waals surface area (Å²) >= 11 is 1.96. The van der Waals surface area contributed by atoms with Gasteiger partial charge >= 0.3 is 0 Å². The van der Waals surface area contributed by atoms with Crippen molar-refractivity contribution in [3.05, 3.63) is 11.4 Å². The maximum Gasteiger partial charge on any atom is 0.148 e. The minimum Gasteiger partial charge on any atom is -0.367 e. The molecule has 2 atom stereocenters. The number of aryl methyl sites for hydroxylation is 1. The van der Waals surface area contributed by atoms with Gasteiger partial charge in [0.2, 0.25) is 0 Å². The van der Waals surface area contributed by atoms with Gasteiger partial charge in [0.05, 0.1) is 0 Å². The lowest BCUT2D eigenvalue weighted by Gasteiger charge is -2.17. The molecule has 0 saturated heterocycles. The molecule has 1 aliphatic carbocycles. The number of nitrogens with zero attached hydrogens (tertiary/aromatic N) is 2. The molecule has 0 aliphatic heterocycles. The number of hydrogen-bond donors (Lipinski definition) is 3. The van der Waals surface area contributed by atoms with Crippen molar-refractivity contribution in [3.8, 4) is 0 Å². The smallest absolute Gasteiger partial charge is 0.148 e. The number of anilines is 2. The van der Waals surface area contributed by atoms with E-state index in [1.54, 1.807) is 0 Å². The van der Waals surface area contributed by atoms with Crippen molar-refractivity contribution < 1.29 is 0 Å². The zero-order valence-electron chi connectivity index (χ0n) is 11.9. The van der Waals surface area contributed by atoms with Gasteiger partial charge in [-0.05, 0) is 32.4 Å². The predicted molar refractivity (Wildman–Crippen MR) is 82.5 cm³/mol. The summed E-state index contributed by atoms with van der Waals surface area (Å²) in [6, 6.07) is 0.515. The highest BCUT2D eigenvalue weighted by molar-refractivity contribution is 7.99. The van der Waals surface area contributed by atoms with Gasteiger partial charge in [0.15, 0.2) is 0 Å². The second-order valence-corrected chi connectivity index (χ2v) is 6.11. The van der Waals surface area contributed by atoms with Crippen molar-refractivity contribution in [2.75, 3.05) is 17.0 Å². The third-order valence-corrected chi connectivity index (χ3v) is 4.80. The molecule has 1 aromatic rings. The molecule has 0 amide bonds. The minimum atomic E-state index is 0.515. The first-order chi connectivity index (χ1) is 9.17. The average Bonchev–Trinajstić information content (AvgIpc) is 2.88. The fourth-order valence-corrected chi connectivity index (χ4v) is 3.28. The Kier molecular flexibility index (Phi) is 4.87. The van der Waals surface area contributed by atoms with E-state index in [4.69, 9.17) is 5.84 Å². The van der Waals surface area contributed by atoms with Gasteiger partial charge in [0, 0.05) is 23.3 Å². The van der Waals surface area contributed by atoms with Crippen LogP contribution in [0, 0.1) is 6.92 Å². The number of thioether (sulfide) groups is 1. The molecule has 1 saturated carbocycles. The summed E-state index contributed by atoms with van der Waals surface area (Å²) in [6.45, 7) is 4.05. The zero-order valence-corrected chi connectivity index (χ0v) is 12.7. The molecule has 19 heavy (non-hydrogen) atoms. The summed E-state index contributed by atoms with van der Waals surface area (Å²) in [7, 11) is 0. The molecule has 0 radical (unpaired) electrons. The maximum atomic E-state index is 5.52. The summed E-state index contributed by atoms with van der Waals surface area (Å²) in [5.41, 5.74) is 3.65. The van der Waals surface area contributed by atoms with E-state index in [0.717, 1.165) is 28.9 Å². The highest BCUT2D eigenvalue weighted by Gasteiger charge is 2.25. The molecule has 2 unspecified atom stereocenters. The first-order valence-corrected chi connectivity index (χ1v) is 8.10. The second kappa shape index (κ2) is 6.43. The Bertz CT molecular complexity index is 437. The molecule has 1 fully saturated rings. The van der Waals surface area contributed by atoms with E-state index in [1.807, 2.05) is 25.6 Å². The average molecular weight is 281 g/mol. The lowest BCUT2D eigenvalue weighted by molar-refractivity contribution is 0.746. The largest absolute Gasteiger partial charge is 0.367 e. The van der Waals surface area contributed by atoms with Crippen molar-refractivity contribution in [2.24, 2.45) is 5.84 Å². The Morgan fingerprint density at radius 1 is 1.32 bits per heavy atom. The van der Waals surface area contributed by atoms with Crippen LogP contribution in [0.15, 0.2) is 0 Å². The van der Waals surface area contributed by atoms with E-state index in [2.05, 4.69) is 27.0 Å². The predicted octanol–water partition coefficient (Wildman–Crippen LogP) is 2.33. The monoisotopic (exact) mass is 281 g/mol. The molecule has 0 bridgehead atoms. The van der Waals surface area contributed by atoms with Crippen molar-refractivity contribution in [1.82, 2.24) is 9.97 Å². The maximum absolute atomic E-state index is 5.52. The molecule has 4 N–H and O–H groups in total. The van der Waals surface area contributed by atoms with Gasteiger partial charge in [-0.15, -0.1) is 0 Å². The van der Waals surface area contributed by atoms with Gasteiger partial charge in [-0.2, -0.15) is 11.8 Å². The summed E-state index contributed by atoms with van der Waals surface area (Å²) in [6.07, 6.45) is 6.70. The number of nitrogens with two attached hydrogens (primary N) is 1. The van der Waals surface area contributed by atoms with Crippen LogP contribution >= 0.6 is 11.8 Å². The van der Waals surface area contributed by atoms with E-state index in [0.29, 0.717) is 11.9 Å². The molecule has 0 aromatic carbocycles. The van der Waals surface area contributed by atoms with E-state index in [9.17, 15) is 0 Å². The van der Waals surface area contributed by atoms with Gasteiger partial charge in [-0.25, -0.2) is 15.8 Å². The zero-order chi connectivity index (χ0) is 13.8. The molecule has 0 spiro atoms. The van der Waals surface area contributed by atoms with Gasteiger partial charge in [-0.1, -0.05) is 6.92 Å². The minimum absolute atomic E-state index is 0.515. The van der Waals surface area contributed by atoms with Crippen molar-refractivity contribution in [1.29, 1.82) is 0 Å². The number of rotatable bonds is 5. The Balaban J connectivity index is 2.15. The highest BCUT2D eigenvalue weighted by atomic mass is 32.2. The molecule has 6 heteroatoms. The SMILES string of the molecule is CCc1nc(NN)c(C)c(NC2CCC(SC)C2)n1. The van der Waals surface area contributed by atoms with Gasteiger partial charge in [0.25, 0.3) is 0 Å². The standard InChI is InChI=1S/C13H23N5S/c1-4-11-16-12(8(2)13(17-11)18-14)15-9-5-6-10(7-9)19-3/h9-10H,4-7,14H2,1-3H3,(H2,15,16,17,18). The Morgan fingerprint density at radius 2 is 2.05 bits per heavy atom. The van der Waals surface area contributed by atoms with Crippen LogP contribution < -0.4 is 16.6 Å². The molecule has 5 nitrogen and oxygen atoms in total. The normalized spacial score (nSPS) is 22.5. The molecular formula is C13H23N5S. The van der Waals surface area contributed by atoms with Crippen molar-refractivity contribution in [2.45, 2.75) is 50.8 Å². The third-order valence-electron chi connectivity index (χ3n) is 3.70. The quantitative estimate of drug-likeness (QED) is 0.568. The molecule has 106 valence electrons. The summed E-state index contributed by atoms with van der Waals surface area (Å²) < 4.78 is 0. The van der Waals surface area contributed by atoms with E-state index < -0.39 is 0 Å². The number of hydrazine groups is 1. The molecule has 1 aliphatic rings. The number of hydrogen-bond acceptors (Lipinski definition) is 6. The fraction of sp³-hybridized carbons (Fsp3) is 0.692. The van der Waals surface area contributed by atoms with Crippen LogP contribution in [-0.4, -0.2) is 27.5 Å². The molecule has 2 rings (SSSR count). The first-order valence-electron chi connectivity index (χ1n) is 6.81. The number of nitrogen functional groups attached to an aromatic ring is 1. The first kappa shape index (κ1) is 14.4. The number of nitrogens with one attached hydrogen (secondary N) is 2. The summed E-state index contributed by atoms with van der Waals surface area (Å²) in [4.78, 5) is 8.97. The van der Waals surface area contributed by atoms with Crippen LogP contribution in [0.25, 0.3) is 0 Å². The highest BCUT2D eigenvalue weighted by Crippen LogP contribution is 2.31. The molecular weight excluding hydrogens is 258 g/mol. The second-order valence-electron chi connectivity index (χ2n) is 4.97. The van der Waals surface area contributed by atoms with Gasteiger partial charge in [0.1, 0.15) is 17.5 Å². The Labute approximate surface area is 119 Å². The topological polar surface area (TPSA) is 75.9 Å². The van der Waals surface area contributed by atoms with E-state index in [-0.39, 0.29) is 0 Å². The van der Waals surface area contributed by atoms with Crippen LogP contribution in [0.1, 0.15) is 37.6 Å². The van der Waals surface area contributed by atoms with Crippen LogP contribution in [-0.2, 0) is 6.42 Å². The Morgan fingerprint density at radius 3 is 2.63 bits per heavy atom. The van der Waals surface area contributed by atoms with Crippen molar-refractivity contribution in [3.63, 3.8) is 0 Å². The summed E-state index contributed by atoms with van der Waals surface area (Å²) in [5.74, 6) is 7.98. The fourth-order valence-electron chi connectivity index (χ4n) is 2.48. The number of aromatic nitrogens is 2. The van der Waals surface area contributed by atoms with E-state index >= 15 is 0 Å². The van der Waals surface area contributed by atoms with E-state index in [1.165, 1.54) is 19.3 Å². The molecule has 1 aromatic heterocycles. The van der Waals surface area contributed by atoms with Crippen molar-refractivity contribution >= 4 is 23.4 Å². The van der Waals surface area contributed by atoms with Crippen LogP contribution in [0.4, 0.5) is 11.6 Å². The van der Waals surface area contributed by atoms with Crippen LogP contribution in [0.2, 0.25) is 0 Å². The van der Waals surface area contributed by atoms with Crippen LogP contribution in [0.5, 0.6) is 0 Å². The molecule has 1 heterocycles. The third kappa shape index (κ3) is 3.30. The van der Waals surface area contributed by atoms with Crippen LogP contribution in [0.3, 0.4) is 0 Å². The summed E-state index contributed by atoms with van der Waals surface area (Å²) in [5, 5.41) is 4.34. The van der Waals surface area contributed by atoms with Gasteiger partial charge in [-0.3, -0.25) is 0 Å². The lowest BCUT2D eigenvalue weighted by atomic mass is 10.2. The Hall–Kier alpha value is -1.01. The van der Waals surface area contributed by atoms with Gasteiger partial charge < -0.3 is 10.7 Å².